The van der Waals surface area contributed by atoms with Gasteiger partial charge in [-0.2, -0.15) is 5.10 Å². The van der Waals surface area contributed by atoms with E-state index in [0.717, 1.165) is 27.9 Å². The number of hydrogen-bond donors (Lipinski definition) is 2. The summed E-state index contributed by atoms with van der Waals surface area (Å²) < 4.78 is 1.61. The second-order valence-corrected chi connectivity index (χ2v) is 7.44. The topological polar surface area (TPSA) is 75.6 Å². The number of aryl methyl sites for hydroxylation is 2. The van der Waals surface area contributed by atoms with Gasteiger partial charge in [0, 0.05) is 34.6 Å². The fourth-order valence-corrected chi connectivity index (χ4v) is 3.91. The predicted molar refractivity (Wildman–Crippen MR) is 114 cm³/mol. The molecule has 7 heteroatoms. The highest BCUT2D eigenvalue weighted by Crippen LogP contribution is 2.34. The van der Waals surface area contributed by atoms with Crippen LogP contribution in [0.15, 0.2) is 54.7 Å². The molecule has 2 N–H and O–H groups in total. The van der Waals surface area contributed by atoms with Gasteiger partial charge in [0.1, 0.15) is 18.2 Å². The summed E-state index contributed by atoms with van der Waals surface area (Å²) in [4.78, 5) is 20.1. The first kappa shape index (κ1) is 19.2. The molecular formula is C22H22ClN5O. The Kier molecular flexibility index (Phi) is 5.36. The van der Waals surface area contributed by atoms with E-state index in [0.29, 0.717) is 17.4 Å². The second-order valence-electron chi connectivity index (χ2n) is 7.03. The number of aromatic nitrogens is 4. The molecule has 0 spiro atoms. The smallest absolute Gasteiger partial charge is 0.241 e. The average Bonchev–Trinajstić information content (AvgIpc) is 3.26. The lowest BCUT2D eigenvalue weighted by Crippen LogP contribution is -2.32. The van der Waals surface area contributed by atoms with Gasteiger partial charge in [0.15, 0.2) is 0 Å². The standard InChI is InChI=1S/C22H22ClN5O/c1-14-26-15(2)28(27-14)13-22(29)25-12-18(16-7-3-5-9-20(16)23)19-11-24-21-10-6-4-8-17(19)21/h3-11,18,24H,12-13H2,1-2H3,(H,25,29). The van der Waals surface area contributed by atoms with E-state index < -0.39 is 0 Å². The monoisotopic (exact) mass is 407 g/mol. The van der Waals surface area contributed by atoms with E-state index in [-0.39, 0.29) is 18.4 Å². The van der Waals surface area contributed by atoms with E-state index in [4.69, 9.17) is 11.6 Å². The molecule has 1 amide bonds. The number of aromatic amines is 1. The van der Waals surface area contributed by atoms with Crippen LogP contribution in [0.3, 0.4) is 0 Å². The SMILES string of the molecule is Cc1nc(C)n(CC(=O)NCC(c2ccccc2Cl)c2c[nH]c3ccccc23)n1. The van der Waals surface area contributed by atoms with E-state index in [1.807, 2.05) is 62.5 Å². The Hall–Kier alpha value is -3.12. The summed E-state index contributed by atoms with van der Waals surface area (Å²) in [5, 5.41) is 9.11. The zero-order chi connectivity index (χ0) is 20.4. The number of rotatable bonds is 6. The molecule has 2 aromatic carbocycles. The van der Waals surface area contributed by atoms with Gasteiger partial charge in [-0.25, -0.2) is 9.67 Å². The maximum absolute atomic E-state index is 12.6. The molecule has 0 aliphatic carbocycles. The molecule has 0 fully saturated rings. The number of H-pyrrole nitrogens is 1. The molecule has 6 nitrogen and oxygen atoms in total. The number of para-hydroxylation sites is 1. The number of amides is 1. The summed E-state index contributed by atoms with van der Waals surface area (Å²) in [6.07, 6.45) is 2.00. The lowest BCUT2D eigenvalue weighted by molar-refractivity contribution is -0.121. The Morgan fingerprint density at radius 1 is 1.14 bits per heavy atom. The second kappa shape index (κ2) is 8.09. The number of fused-ring (bicyclic) bond motifs is 1. The summed E-state index contributed by atoms with van der Waals surface area (Å²) >= 11 is 6.51. The van der Waals surface area contributed by atoms with Crippen molar-refractivity contribution in [3.63, 3.8) is 0 Å². The zero-order valence-corrected chi connectivity index (χ0v) is 17.1. The number of halogens is 1. The quantitative estimate of drug-likeness (QED) is 0.507. The summed E-state index contributed by atoms with van der Waals surface area (Å²) in [6.45, 7) is 4.21. The third-order valence-corrected chi connectivity index (χ3v) is 5.38. The van der Waals surface area contributed by atoms with Crippen molar-refractivity contribution >= 4 is 28.4 Å². The largest absolute Gasteiger partial charge is 0.361 e. The predicted octanol–water partition coefficient (Wildman–Crippen LogP) is 3.98. The number of nitrogens with zero attached hydrogens (tertiary/aromatic N) is 3. The minimum absolute atomic E-state index is 0.0811. The van der Waals surface area contributed by atoms with Crippen LogP contribution in [0.5, 0.6) is 0 Å². The fourth-order valence-electron chi connectivity index (χ4n) is 3.65. The van der Waals surface area contributed by atoms with E-state index in [1.165, 1.54) is 0 Å². The maximum Gasteiger partial charge on any atom is 0.241 e. The molecule has 1 atom stereocenters. The minimum atomic E-state index is -0.116. The van der Waals surface area contributed by atoms with Gasteiger partial charge in [0.05, 0.1) is 0 Å². The van der Waals surface area contributed by atoms with Gasteiger partial charge in [0.25, 0.3) is 0 Å². The average molecular weight is 408 g/mol. The van der Waals surface area contributed by atoms with Crippen molar-refractivity contribution in [2.75, 3.05) is 6.54 Å². The van der Waals surface area contributed by atoms with Crippen molar-refractivity contribution in [1.82, 2.24) is 25.1 Å². The molecule has 4 rings (SSSR count). The van der Waals surface area contributed by atoms with Gasteiger partial charge in [0.2, 0.25) is 5.91 Å². The molecule has 0 saturated heterocycles. The van der Waals surface area contributed by atoms with Crippen molar-refractivity contribution in [1.29, 1.82) is 0 Å². The van der Waals surface area contributed by atoms with Crippen LogP contribution in [0.1, 0.15) is 28.7 Å². The zero-order valence-electron chi connectivity index (χ0n) is 16.3. The summed E-state index contributed by atoms with van der Waals surface area (Å²) in [6, 6.07) is 15.9. The molecule has 0 saturated carbocycles. The highest BCUT2D eigenvalue weighted by Gasteiger charge is 2.21. The highest BCUT2D eigenvalue weighted by atomic mass is 35.5. The summed E-state index contributed by atoms with van der Waals surface area (Å²) in [5.41, 5.74) is 3.13. The van der Waals surface area contributed by atoms with E-state index in [2.05, 4.69) is 26.4 Å². The van der Waals surface area contributed by atoms with Gasteiger partial charge in [-0.3, -0.25) is 4.79 Å². The number of carbonyl (C=O) groups excluding carboxylic acids is 1. The third-order valence-electron chi connectivity index (χ3n) is 5.04. The number of benzene rings is 2. The highest BCUT2D eigenvalue weighted by molar-refractivity contribution is 6.31. The van der Waals surface area contributed by atoms with Crippen molar-refractivity contribution in [3.8, 4) is 0 Å². The van der Waals surface area contributed by atoms with Crippen molar-refractivity contribution in [2.24, 2.45) is 0 Å². The van der Waals surface area contributed by atoms with Crippen LogP contribution in [0.4, 0.5) is 0 Å². The summed E-state index contributed by atoms with van der Waals surface area (Å²) in [7, 11) is 0. The Morgan fingerprint density at radius 3 is 2.66 bits per heavy atom. The lowest BCUT2D eigenvalue weighted by Gasteiger charge is -2.19. The van der Waals surface area contributed by atoms with Crippen LogP contribution in [-0.2, 0) is 11.3 Å². The van der Waals surface area contributed by atoms with E-state index in [1.54, 1.807) is 4.68 Å². The molecule has 4 aromatic rings. The Bertz CT molecular complexity index is 1160. The molecule has 0 aliphatic heterocycles. The van der Waals surface area contributed by atoms with Crippen LogP contribution in [-0.4, -0.2) is 32.2 Å². The molecule has 2 heterocycles. The van der Waals surface area contributed by atoms with Crippen molar-refractivity contribution in [2.45, 2.75) is 26.3 Å². The summed E-state index contributed by atoms with van der Waals surface area (Å²) in [5.74, 6) is 1.18. The van der Waals surface area contributed by atoms with E-state index in [9.17, 15) is 4.79 Å². The van der Waals surface area contributed by atoms with E-state index >= 15 is 0 Å². The Balaban J connectivity index is 1.60. The van der Waals surface area contributed by atoms with Gasteiger partial charge in [-0.15, -0.1) is 0 Å². The minimum Gasteiger partial charge on any atom is -0.361 e. The fraction of sp³-hybridized carbons (Fsp3) is 0.227. The third kappa shape index (κ3) is 4.03. The Morgan fingerprint density at radius 2 is 1.90 bits per heavy atom. The van der Waals surface area contributed by atoms with Gasteiger partial charge in [-0.1, -0.05) is 48.0 Å². The van der Waals surface area contributed by atoms with Crippen LogP contribution >= 0.6 is 11.6 Å². The first-order valence-corrected chi connectivity index (χ1v) is 9.86. The Labute approximate surface area is 173 Å². The molecular weight excluding hydrogens is 386 g/mol. The van der Waals surface area contributed by atoms with Crippen LogP contribution in [0.25, 0.3) is 10.9 Å². The molecule has 0 aliphatic rings. The van der Waals surface area contributed by atoms with Crippen molar-refractivity contribution < 1.29 is 4.79 Å². The lowest BCUT2D eigenvalue weighted by atomic mass is 9.90. The van der Waals surface area contributed by atoms with Crippen LogP contribution in [0, 0.1) is 13.8 Å². The molecule has 0 bridgehead atoms. The number of hydrogen-bond acceptors (Lipinski definition) is 3. The van der Waals surface area contributed by atoms with Gasteiger partial charge < -0.3 is 10.3 Å². The molecule has 29 heavy (non-hydrogen) atoms. The normalized spacial score (nSPS) is 12.2. The molecule has 148 valence electrons. The molecule has 1 unspecified atom stereocenters. The number of carbonyl (C=O) groups is 1. The van der Waals surface area contributed by atoms with Gasteiger partial charge in [-0.05, 0) is 37.1 Å². The first-order valence-electron chi connectivity index (χ1n) is 9.48. The van der Waals surface area contributed by atoms with Gasteiger partial charge >= 0.3 is 0 Å². The molecule has 0 radical (unpaired) electrons. The first-order chi connectivity index (χ1) is 14.0. The number of nitrogens with one attached hydrogen (secondary N) is 2. The maximum atomic E-state index is 12.6. The van der Waals surface area contributed by atoms with Crippen LogP contribution < -0.4 is 5.32 Å². The van der Waals surface area contributed by atoms with Crippen molar-refractivity contribution in [3.05, 3.63) is 82.5 Å². The van der Waals surface area contributed by atoms with Crippen LogP contribution in [0.2, 0.25) is 5.02 Å². The molecule has 2 aromatic heterocycles.